The molecule has 5 heteroatoms. The fraction of sp³-hybridized carbons (Fsp3) is 0.429. The number of aliphatic hydroxyl groups is 1. The maximum absolute atomic E-state index is 11.9. The Labute approximate surface area is 113 Å². The fourth-order valence-electron chi connectivity index (χ4n) is 1.35. The zero-order valence-corrected chi connectivity index (χ0v) is 11.4. The first-order valence-electron chi connectivity index (χ1n) is 6.17. The SMILES string of the molecule is CC(C)C(C)(O)CNC(=O)c1ccc(NC=O)cc1. The molecule has 3 N–H and O–H groups in total. The van der Waals surface area contributed by atoms with Gasteiger partial charge in [-0.25, -0.2) is 0 Å². The van der Waals surface area contributed by atoms with Crippen LogP contribution in [0.15, 0.2) is 24.3 Å². The lowest BCUT2D eigenvalue weighted by Crippen LogP contribution is -2.44. The lowest BCUT2D eigenvalue weighted by atomic mass is 9.92. The summed E-state index contributed by atoms with van der Waals surface area (Å²) in [7, 11) is 0. The summed E-state index contributed by atoms with van der Waals surface area (Å²) < 4.78 is 0. The predicted octanol–water partition coefficient (Wildman–Crippen LogP) is 1.39. The topological polar surface area (TPSA) is 78.4 Å². The smallest absolute Gasteiger partial charge is 0.251 e. The zero-order chi connectivity index (χ0) is 14.5. The Morgan fingerprint density at radius 1 is 1.37 bits per heavy atom. The molecule has 2 amide bonds. The molecule has 1 aromatic rings. The van der Waals surface area contributed by atoms with Gasteiger partial charge in [-0.2, -0.15) is 0 Å². The van der Waals surface area contributed by atoms with Crippen LogP contribution >= 0.6 is 0 Å². The molecule has 0 saturated heterocycles. The van der Waals surface area contributed by atoms with Gasteiger partial charge in [0.2, 0.25) is 6.41 Å². The maximum atomic E-state index is 11.9. The minimum atomic E-state index is -0.936. The first-order chi connectivity index (χ1) is 8.86. The molecule has 0 fully saturated rings. The van der Waals surface area contributed by atoms with Gasteiger partial charge >= 0.3 is 0 Å². The average molecular weight is 264 g/mol. The first-order valence-corrected chi connectivity index (χ1v) is 6.17. The van der Waals surface area contributed by atoms with Crippen LogP contribution in [-0.2, 0) is 4.79 Å². The largest absolute Gasteiger partial charge is 0.388 e. The molecule has 1 aromatic carbocycles. The van der Waals surface area contributed by atoms with E-state index in [1.807, 2.05) is 13.8 Å². The van der Waals surface area contributed by atoms with Crippen molar-refractivity contribution in [1.29, 1.82) is 0 Å². The lowest BCUT2D eigenvalue weighted by molar-refractivity contribution is -0.105. The van der Waals surface area contributed by atoms with Crippen LogP contribution in [0.3, 0.4) is 0 Å². The molecule has 0 saturated carbocycles. The van der Waals surface area contributed by atoms with E-state index in [1.165, 1.54) is 0 Å². The summed E-state index contributed by atoms with van der Waals surface area (Å²) in [5.74, 6) is -0.203. The second-order valence-corrected chi connectivity index (χ2v) is 5.03. The first kappa shape index (κ1) is 15.2. The number of amides is 2. The Hall–Kier alpha value is -1.88. The van der Waals surface area contributed by atoms with Gasteiger partial charge in [0, 0.05) is 17.8 Å². The van der Waals surface area contributed by atoms with Crippen molar-refractivity contribution < 1.29 is 14.7 Å². The maximum Gasteiger partial charge on any atom is 0.251 e. The van der Waals surface area contributed by atoms with Gasteiger partial charge in [0.15, 0.2) is 0 Å². The summed E-state index contributed by atoms with van der Waals surface area (Å²) in [4.78, 5) is 22.1. The number of hydrogen-bond acceptors (Lipinski definition) is 3. The third-order valence-corrected chi connectivity index (χ3v) is 3.22. The Balaban J connectivity index is 2.61. The van der Waals surface area contributed by atoms with E-state index in [-0.39, 0.29) is 18.4 Å². The van der Waals surface area contributed by atoms with E-state index >= 15 is 0 Å². The van der Waals surface area contributed by atoms with Crippen molar-refractivity contribution in [3.05, 3.63) is 29.8 Å². The molecular formula is C14H20N2O3. The minimum Gasteiger partial charge on any atom is -0.388 e. The molecule has 0 aliphatic carbocycles. The van der Waals surface area contributed by atoms with Gasteiger partial charge in [0.05, 0.1) is 5.60 Å². The van der Waals surface area contributed by atoms with E-state index in [1.54, 1.807) is 31.2 Å². The minimum absolute atomic E-state index is 0.0481. The highest BCUT2D eigenvalue weighted by molar-refractivity contribution is 5.94. The number of hydrogen-bond donors (Lipinski definition) is 3. The van der Waals surface area contributed by atoms with Gasteiger partial charge in [-0.3, -0.25) is 9.59 Å². The summed E-state index contributed by atoms with van der Waals surface area (Å²) >= 11 is 0. The molecule has 0 spiro atoms. The highest BCUT2D eigenvalue weighted by Gasteiger charge is 2.25. The van der Waals surface area contributed by atoms with E-state index in [2.05, 4.69) is 10.6 Å². The second-order valence-electron chi connectivity index (χ2n) is 5.03. The number of carbonyl (C=O) groups excluding carboxylic acids is 2. The third kappa shape index (κ3) is 4.37. The normalized spacial score (nSPS) is 13.7. The number of rotatable bonds is 6. The Bertz CT molecular complexity index is 439. The van der Waals surface area contributed by atoms with E-state index < -0.39 is 5.60 Å². The highest BCUT2D eigenvalue weighted by atomic mass is 16.3. The molecule has 0 heterocycles. The molecular weight excluding hydrogens is 244 g/mol. The van der Waals surface area contributed by atoms with Crippen LogP contribution in [0.1, 0.15) is 31.1 Å². The fourth-order valence-corrected chi connectivity index (χ4v) is 1.35. The molecule has 104 valence electrons. The monoisotopic (exact) mass is 264 g/mol. The number of carbonyl (C=O) groups is 2. The summed E-state index contributed by atoms with van der Waals surface area (Å²) in [5.41, 5.74) is 0.172. The van der Waals surface area contributed by atoms with Crippen molar-refractivity contribution in [2.24, 2.45) is 5.92 Å². The molecule has 1 unspecified atom stereocenters. The van der Waals surface area contributed by atoms with Crippen molar-refractivity contribution in [1.82, 2.24) is 5.32 Å². The third-order valence-electron chi connectivity index (χ3n) is 3.22. The van der Waals surface area contributed by atoms with Crippen LogP contribution in [0.25, 0.3) is 0 Å². The summed E-state index contributed by atoms with van der Waals surface area (Å²) in [6, 6.07) is 6.52. The van der Waals surface area contributed by atoms with Gasteiger partial charge in [-0.1, -0.05) is 13.8 Å². The van der Waals surface area contributed by atoms with Crippen molar-refractivity contribution in [2.75, 3.05) is 11.9 Å². The summed E-state index contributed by atoms with van der Waals surface area (Å²) in [5, 5.41) is 15.2. The standard InChI is InChI=1S/C14H20N2O3/c1-10(2)14(3,19)8-15-13(18)11-4-6-12(7-5-11)16-9-17/h4-7,9-10,19H,8H2,1-3H3,(H,15,18)(H,16,17). The Morgan fingerprint density at radius 3 is 2.42 bits per heavy atom. The number of anilines is 1. The van der Waals surface area contributed by atoms with E-state index in [0.29, 0.717) is 17.7 Å². The van der Waals surface area contributed by atoms with Crippen molar-refractivity contribution in [2.45, 2.75) is 26.4 Å². The van der Waals surface area contributed by atoms with Crippen LogP contribution in [0, 0.1) is 5.92 Å². The molecule has 1 atom stereocenters. The summed E-state index contributed by atoms with van der Waals surface area (Å²) in [6.45, 7) is 5.67. The molecule has 0 bridgehead atoms. The van der Waals surface area contributed by atoms with Gasteiger partial charge in [0.25, 0.3) is 5.91 Å². The Kier molecular flexibility index (Phi) is 5.06. The lowest BCUT2D eigenvalue weighted by Gasteiger charge is -2.27. The molecule has 0 aliphatic heterocycles. The Morgan fingerprint density at radius 2 is 1.95 bits per heavy atom. The van der Waals surface area contributed by atoms with Crippen LogP contribution in [0.2, 0.25) is 0 Å². The second kappa shape index (κ2) is 6.33. The van der Waals surface area contributed by atoms with Crippen LogP contribution in [0.4, 0.5) is 5.69 Å². The molecule has 19 heavy (non-hydrogen) atoms. The van der Waals surface area contributed by atoms with E-state index in [0.717, 1.165) is 0 Å². The van der Waals surface area contributed by atoms with Gasteiger partial charge < -0.3 is 15.7 Å². The summed E-state index contributed by atoms with van der Waals surface area (Å²) in [6.07, 6.45) is 0.578. The van der Waals surface area contributed by atoms with E-state index in [9.17, 15) is 14.7 Å². The van der Waals surface area contributed by atoms with Crippen molar-refractivity contribution in [3.63, 3.8) is 0 Å². The molecule has 1 rings (SSSR count). The van der Waals surface area contributed by atoms with Crippen molar-refractivity contribution in [3.8, 4) is 0 Å². The van der Waals surface area contributed by atoms with E-state index in [4.69, 9.17) is 0 Å². The van der Waals surface area contributed by atoms with Gasteiger partial charge in [-0.05, 0) is 37.1 Å². The van der Waals surface area contributed by atoms with Gasteiger partial charge in [0.1, 0.15) is 0 Å². The molecule has 0 aliphatic rings. The number of benzene rings is 1. The quantitative estimate of drug-likeness (QED) is 0.679. The average Bonchev–Trinajstić information content (AvgIpc) is 2.37. The zero-order valence-electron chi connectivity index (χ0n) is 11.4. The highest BCUT2D eigenvalue weighted by Crippen LogP contribution is 2.15. The number of nitrogens with one attached hydrogen (secondary N) is 2. The molecule has 0 radical (unpaired) electrons. The van der Waals surface area contributed by atoms with Crippen LogP contribution in [0.5, 0.6) is 0 Å². The molecule has 5 nitrogen and oxygen atoms in total. The van der Waals surface area contributed by atoms with Crippen LogP contribution < -0.4 is 10.6 Å². The predicted molar refractivity (Wildman–Crippen MR) is 73.9 cm³/mol. The molecule has 0 aromatic heterocycles. The van der Waals surface area contributed by atoms with Gasteiger partial charge in [-0.15, -0.1) is 0 Å². The van der Waals surface area contributed by atoms with Crippen LogP contribution in [-0.4, -0.2) is 29.6 Å². The van der Waals surface area contributed by atoms with Crippen molar-refractivity contribution >= 4 is 18.0 Å².